The van der Waals surface area contributed by atoms with Gasteiger partial charge in [0.25, 0.3) is 0 Å². The molecule has 0 bridgehead atoms. The Kier molecular flexibility index (Phi) is 5.42. The van der Waals surface area contributed by atoms with Crippen molar-refractivity contribution >= 4 is 12.1 Å². The van der Waals surface area contributed by atoms with Crippen molar-refractivity contribution < 1.29 is 14.3 Å². The van der Waals surface area contributed by atoms with Crippen molar-refractivity contribution in [3.05, 3.63) is 0 Å². The van der Waals surface area contributed by atoms with E-state index < -0.39 is 5.60 Å². The zero-order chi connectivity index (χ0) is 17.2. The summed E-state index contributed by atoms with van der Waals surface area (Å²) in [5, 5.41) is 0. The number of nitrogens with two attached hydrogens (primary N) is 1. The molecule has 1 unspecified atom stereocenters. The standard InChI is InChI=1S/C17H31N3O3/c1-5-13-8-20(9-13)16(22)23-17(3,4)7-6-12(2)14-10-19(11-14)15(18)21/h12-14H,5-11H2,1-4H3,(H2,18,21). The van der Waals surface area contributed by atoms with Crippen LogP contribution in [0.1, 0.15) is 47.0 Å². The van der Waals surface area contributed by atoms with E-state index in [0.29, 0.717) is 17.8 Å². The predicted octanol–water partition coefficient (Wildman–Crippen LogP) is 2.67. The van der Waals surface area contributed by atoms with E-state index in [9.17, 15) is 9.59 Å². The summed E-state index contributed by atoms with van der Waals surface area (Å²) in [7, 11) is 0. The fourth-order valence-corrected chi connectivity index (χ4v) is 3.19. The van der Waals surface area contributed by atoms with E-state index in [0.717, 1.165) is 45.4 Å². The minimum absolute atomic E-state index is 0.184. The molecule has 132 valence electrons. The van der Waals surface area contributed by atoms with Crippen LogP contribution in [0.5, 0.6) is 0 Å². The van der Waals surface area contributed by atoms with Gasteiger partial charge in [-0.1, -0.05) is 13.8 Å². The molecule has 23 heavy (non-hydrogen) atoms. The zero-order valence-electron chi connectivity index (χ0n) is 14.9. The van der Waals surface area contributed by atoms with E-state index in [2.05, 4.69) is 13.8 Å². The number of hydrogen-bond donors (Lipinski definition) is 1. The number of carbonyl (C=O) groups is 2. The summed E-state index contributed by atoms with van der Waals surface area (Å²) >= 11 is 0. The molecule has 2 heterocycles. The van der Waals surface area contributed by atoms with Gasteiger partial charge in [0.15, 0.2) is 0 Å². The van der Waals surface area contributed by atoms with Crippen LogP contribution >= 0.6 is 0 Å². The minimum Gasteiger partial charge on any atom is -0.443 e. The molecule has 0 aromatic carbocycles. The summed E-state index contributed by atoms with van der Waals surface area (Å²) in [5.74, 6) is 1.64. The Bertz CT molecular complexity index is 440. The maximum absolute atomic E-state index is 12.1. The molecule has 2 aliphatic heterocycles. The molecule has 3 amide bonds. The average Bonchev–Trinajstić information content (AvgIpc) is 2.32. The Morgan fingerprint density at radius 1 is 1.22 bits per heavy atom. The molecule has 6 nitrogen and oxygen atoms in total. The highest BCUT2D eigenvalue weighted by Crippen LogP contribution is 2.30. The number of urea groups is 1. The summed E-state index contributed by atoms with van der Waals surface area (Å²) in [6.07, 6.45) is 2.75. The Morgan fingerprint density at radius 2 is 1.83 bits per heavy atom. The van der Waals surface area contributed by atoms with Crippen LogP contribution in [0, 0.1) is 17.8 Å². The molecule has 2 fully saturated rings. The van der Waals surface area contributed by atoms with Gasteiger partial charge in [-0.15, -0.1) is 0 Å². The highest BCUT2D eigenvalue weighted by molar-refractivity contribution is 5.72. The number of ether oxygens (including phenoxy) is 1. The van der Waals surface area contributed by atoms with Gasteiger partial charge in [0.1, 0.15) is 5.60 Å². The predicted molar refractivity (Wildman–Crippen MR) is 89.0 cm³/mol. The molecule has 6 heteroatoms. The Hall–Kier alpha value is -1.46. The molecule has 2 aliphatic rings. The second-order valence-corrected chi connectivity index (χ2v) is 7.83. The normalized spacial score (nSPS) is 20.7. The third kappa shape index (κ3) is 4.52. The lowest BCUT2D eigenvalue weighted by molar-refractivity contribution is -0.0193. The van der Waals surface area contributed by atoms with Crippen molar-refractivity contribution in [2.45, 2.75) is 52.6 Å². The van der Waals surface area contributed by atoms with E-state index >= 15 is 0 Å². The molecular weight excluding hydrogens is 294 g/mol. The first-order valence-corrected chi connectivity index (χ1v) is 8.74. The first-order chi connectivity index (χ1) is 10.7. The van der Waals surface area contributed by atoms with Crippen molar-refractivity contribution in [1.82, 2.24) is 9.80 Å². The number of likely N-dealkylation sites (tertiary alicyclic amines) is 2. The Labute approximate surface area is 139 Å². The van der Waals surface area contributed by atoms with E-state index in [1.807, 2.05) is 13.8 Å². The van der Waals surface area contributed by atoms with Crippen LogP contribution < -0.4 is 5.73 Å². The van der Waals surface area contributed by atoms with Crippen LogP contribution in [0.4, 0.5) is 9.59 Å². The second-order valence-electron chi connectivity index (χ2n) is 7.83. The average molecular weight is 325 g/mol. The van der Waals surface area contributed by atoms with Gasteiger partial charge in [0.05, 0.1) is 0 Å². The third-order valence-corrected chi connectivity index (χ3v) is 5.38. The van der Waals surface area contributed by atoms with E-state index in [1.165, 1.54) is 0 Å². The number of rotatable bonds is 6. The third-order valence-electron chi connectivity index (χ3n) is 5.38. The minimum atomic E-state index is -0.449. The largest absolute Gasteiger partial charge is 0.443 e. The molecule has 0 aromatic heterocycles. The monoisotopic (exact) mass is 325 g/mol. The number of primary amides is 1. The number of nitrogens with zero attached hydrogens (tertiary/aromatic N) is 2. The summed E-state index contributed by atoms with van der Waals surface area (Å²) in [5.41, 5.74) is 4.80. The SMILES string of the molecule is CCC1CN(C(=O)OC(C)(C)CCC(C)C2CN(C(N)=O)C2)C1. The van der Waals surface area contributed by atoms with E-state index in [4.69, 9.17) is 10.5 Å². The molecule has 0 saturated carbocycles. The topological polar surface area (TPSA) is 75.9 Å². The summed E-state index contributed by atoms with van der Waals surface area (Å²) in [6, 6.07) is -0.331. The smallest absolute Gasteiger partial charge is 0.410 e. The highest BCUT2D eigenvalue weighted by atomic mass is 16.6. The molecule has 2 N–H and O–H groups in total. The van der Waals surface area contributed by atoms with Crippen molar-refractivity contribution in [2.75, 3.05) is 26.2 Å². The molecule has 0 spiro atoms. The summed E-state index contributed by atoms with van der Waals surface area (Å²) < 4.78 is 5.68. The highest BCUT2D eigenvalue weighted by Gasteiger charge is 2.36. The number of hydrogen-bond acceptors (Lipinski definition) is 3. The number of carbonyl (C=O) groups excluding carboxylic acids is 2. The molecule has 0 radical (unpaired) electrons. The lowest BCUT2D eigenvalue weighted by Crippen LogP contribution is -2.54. The van der Waals surface area contributed by atoms with Gasteiger partial charge in [0, 0.05) is 26.2 Å². The molecular formula is C17H31N3O3. The lowest BCUT2D eigenvalue weighted by atomic mass is 9.82. The van der Waals surface area contributed by atoms with Gasteiger partial charge >= 0.3 is 12.1 Å². The van der Waals surface area contributed by atoms with E-state index in [1.54, 1.807) is 9.80 Å². The first-order valence-electron chi connectivity index (χ1n) is 8.74. The maximum Gasteiger partial charge on any atom is 0.410 e. The van der Waals surface area contributed by atoms with Gasteiger partial charge in [-0.3, -0.25) is 0 Å². The van der Waals surface area contributed by atoms with Gasteiger partial charge in [-0.25, -0.2) is 9.59 Å². The van der Waals surface area contributed by atoms with Gasteiger partial charge in [0.2, 0.25) is 0 Å². The van der Waals surface area contributed by atoms with Gasteiger partial charge < -0.3 is 20.3 Å². The molecule has 0 aliphatic carbocycles. The molecule has 2 rings (SSSR count). The van der Waals surface area contributed by atoms with Crippen LogP contribution in [0.3, 0.4) is 0 Å². The zero-order valence-corrected chi connectivity index (χ0v) is 14.9. The van der Waals surface area contributed by atoms with Crippen LogP contribution in [0.25, 0.3) is 0 Å². The molecule has 1 atom stereocenters. The fourth-order valence-electron chi connectivity index (χ4n) is 3.19. The maximum atomic E-state index is 12.1. The van der Waals surface area contributed by atoms with Crippen molar-refractivity contribution in [1.29, 1.82) is 0 Å². The Morgan fingerprint density at radius 3 is 2.35 bits per heavy atom. The summed E-state index contributed by atoms with van der Waals surface area (Å²) in [6.45, 7) is 11.5. The van der Waals surface area contributed by atoms with Crippen LogP contribution in [0.2, 0.25) is 0 Å². The first kappa shape index (κ1) is 17.9. The quantitative estimate of drug-likeness (QED) is 0.815. The van der Waals surface area contributed by atoms with Gasteiger partial charge in [-0.05, 0) is 50.9 Å². The molecule has 0 aromatic rings. The van der Waals surface area contributed by atoms with E-state index in [-0.39, 0.29) is 12.1 Å². The van der Waals surface area contributed by atoms with Gasteiger partial charge in [-0.2, -0.15) is 0 Å². The van der Waals surface area contributed by atoms with Crippen LogP contribution in [-0.2, 0) is 4.74 Å². The molecule has 2 saturated heterocycles. The number of amides is 3. The van der Waals surface area contributed by atoms with Crippen molar-refractivity contribution in [2.24, 2.45) is 23.5 Å². The Balaban J connectivity index is 1.67. The summed E-state index contributed by atoms with van der Waals surface area (Å²) in [4.78, 5) is 26.6. The fraction of sp³-hybridized carbons (Fsp3) is 0.882. The lowest BCUT2D eigenvalue weighted by Gasteiger charge is -2.42. The second kappa shape index (κ2) is 6.97. The van der Waals surface area contributed by atoms with Crippen LogP contribution in [0.15, 0.2) is 0 Å². The van der Waals surface area contributed by atoms with Crippen molar-refractivity contribution in [3.8, 4) is 0 Å². The van der Waals surface area contributed by atoms with Crippen molar-refractivity contribution in [3.63, 3.8) is 0 Å². The van der Waals surface area contributed by atoms with Crippen LogP contribution in [-0.4, -0.2) is 53.7 Å².